The summed E-state index contributed by atoms with van der Waals surface area (Å²) in [7, 11) is -2.97. The molecule has 1 saturated heterocycles. The second-order valence-corrected chi connectivity index (χ2v) is 8.33. The zero-order valence-electron chi connectivity index (χ0n) is 13.2. The van der Waals surface area contributed by atoms with E-state index in [2.05, 4.69) is 5.10 Å². The third-order valence-corrected chi connectivity index (χ3v) is 6.20. The molecule has 24 heavy (non-hydrogen) atoms. The standard InChI is InChI=1S/C15H18FN3O3S2/c1-2-18(11-7-8-24(20,21)9-11)10-19-15(23)22-14(17-19)12-5-3-4-6-13(12)16/h3-6,11H,2,7-10H2,1H3. The first kappa shape index (κ1) is 17.2. The van der Waals surface area contributed by atoms with Gasteiger partial charge in [0.2, 0.25) is 5.89 Å². The third-order valence-electron chi connectivity index (χ3n) is 4.16. The first-order valence-corrected chi connectivity index (χ1v) is 9.90. The highest BCUT2D eigenvalue weighted by Gasteiger charge is 2.32. The second kappa shape index (κ2) is 6.73. The molecule has 0 spiro atoms. The van der Waals surface area contributed by atoms with Gasteiger partial charge < -0.3 is 4.42 Å². The predicted octanol–water partition coefficient (Wildman–Crippen LogP) is 2.48. The number of nitrogens with zero attached hydrogens (tertiary/aromatic N) is 3. The number of aromatic nitrogens is 2. The Morgan fingerprint density at radius 1 is 1.46 bits per heavy atom. The molecule has 130 valence electrons. The molecule has 0 radical (unpaired) electrons. The van der Waals surface area contributed by atoms with Crippen LogP contribution in [0.5, 0.6) is 0 Å². The second-order valence-electron chi connectivity index (χ2n) is 5.76. The fourth-order valence-electron chi connectivity index (χ4n) is 2.85. The lowest BCUT2D eigenvalue weighted by molar-refractivity contribution is 0.162. The molecule has 1 unspecified atom stereocenters. The Hall–Kier alpha value is -1.58. The third kappa shape index (κ3) is 3.57. The van der Waals surface area contributed by atoms with Gasteiger partial charge in [0.05, 0.1) is 23.7 Å². The van der Waals surface area contributed by atoms with E-state index in [9.17, 15) is 12.8 Å². The topological polar surface area (TPSA) is 68.3 Å². The summed E-state index contributed by atoms with van der Waals surface area (Å²) in [4.78, 5) is 2.13. The maximum Gasteiger partial charge on any atom is 0.288 e. The molecule has 0 saturated carbocycles. The fourth-order valence-corrected chi connectivity index (χ4v) is 4.79. The molecule has 1 fully saturated rings. The Kier molecular flexibility index (Phi) is 4.84. The van der Waals surface area contributed by atoms with Crippen LogP contribution >= 0.6 is 12.2 Å². The summed E-state index contributed by atoms with van der Waals surface area (Å²) in [6, 6.07) is 6.12. The van der Waals surface area contributed by atoms with Gasteiger partial charge in [0.1, 0.15) is 5.82 Å². The first-order valence-electron chi connectivity index (χ1n) is 7.67. The lowest BCUT2D eigenvalue weighted by atomic mass is 10.2. The summed E-state index contributed by atoms with van der Waals surface area (Å²) in [5.41, 5.74) is 0.244. The first-order chi connectivity index (χ1) is 11.4. The van der Waals surface area contributed by atoms with Crippen LogP contribution in [0.25, 0.3) is 11.5 Å². The molecule has 0 aliphatic carbocycles. The number of halogens is 1. The molecular formula is C15H18FN3O3S2. The van der Waals surface area contributed by atoms with Gasteiger partial charge in [-0.05, 0) is 37.3 Å². The van der Waals surface area contributed by atoms with E-state index >= 15 is 0 Å². The van der Waals surface area contributed by atoms with Crippen LogP contribution in [0, 0.1) is 10.7 Å². The maximum absolute atomic E-state index is 13.9. The van der Waals surface area contributed by atoms with E-state index in [-0.39, 0.29) is 33.8 Å². The molecule has 0 bridgehead atoms. The van der Waals surface area contributed by atoms with E-state index < -0.39 is 15.7 Å². The van der Waals surface area contributed by atoms with E-state index in [0.717, 1.165) is 0 Å². The van der Waals surface area contributed by atoms with Crippen LogP contribution in [0.1, 0.15) is 13.3 Å². The Morgan fingerprint density at radius 3 is 2.83 bits per heavy atom. The lowest BCUT2D eigenvalue weighted by Crippen LogP contribution is -2.37. The SMILES string of the molecule is CCN(Cn1nc(-c2ccccc2F)oc1=S)C1CCS(=O)(=O)C1. The van der Waals surface area contributed by atoms with E-state index in [1.807, 2.05) is 11.8 Å². The van der Waals surface area contributed by atoms with Crippen molar-refractivity contribution in [2.24, 2.45) is 0 Å². The minimum absolute atomic E-state index is 0.0597. The van der Waals surface area contributed by atoms with Crippen LogP contribution in [0.3, 0.4) is 0 Å². The summed E-state index contributed by atoms with van der Waals surface area (Å²) in [5.74, 6) is 0.0359. The average molecular weight is 371 g/mol. The molecule has 9 heteroatoms. The molecular weight excluding hydrogens is 353 g/mol. The van der Waals surface area contributed by atoms with Crippen molar-refractivity contribution in [3.05, 3.63) is 34.9 Å². The van der Waals surface area contributed by atoms with Crippen molar-refractivity contribution < 1.29 is 17.2 Å². The van der Waals surface area contributed by atoms with Gasteiger partial charge in [0.25, 0.3) is 4.84 Å². The smallest absolute Gasteiger partial charge is 0.288 e. The van der Waals surface area contributed by atoms with Gasteiger partial charge in [0.15, 0.2) is 9.84 Å². The maximum atomic E-state index is 13.9. The Labute approximate surface area is 144 Å². The van der Waals surface area contributed by atoms with Crippen molar-refractivity contribution in [1.82, 2.24) is 14.7 Å². The summed E-state index contributed by atoms with van der Waals surface area (Å²) < 4.78 is 44.1. The number of benzene rings is 1. The van der Waals surface area contributed by atoms with Gasteiger partial charge in [0, 0.05) is 6.04 Å². The molecule has 1 atom stereocenters. The molecule has 3 rings (SSSR count). The minimum atomic E-state index is -2.97. The fraction of sp³-hybridized carbons (Fsp3) is 0.467. The van der Waals surface area contributed by atoms with Crippen molar-refractivity contribution >= 4 is 22.1 Å². The van der Waals surface area contributed by atoms with Crippen molar-refractivity contribution in [2.45, 2.75) is 26.1 Å². The predicted molar refractivity (Wildman–Crippen MR) is 90.2 cm³/mol. The molecule has 1 aliphatic rings. The number of hydrogen-bond acceptors (Lipinski definition) is 6. The average Bonchev–Trinajstić information content (AvgIpc) is 3.08. The summed E-state index contributed by atoms with van der Waals surface area (Å²) >= 11 is 5.17. The molecule has 1 aromatic carbocycles. The number of sulfone groups is 1. The van der Waals surface area contributed by atoms with E-state index in [1.165, 1.54) is 10.7 Å². The number of hydrogen-bond donors (Lipinski definition) is 0. The van der Waals surface area contributed by atoms with Crippen molar-refractivity contribution in [3.63, 3.8) is 0 Å². The highest BCUT2D eigenvalue weighted by Crippen LogP contribution is 2.22. The van der Waals surface area contributed by atoms with Gasteiger partial charge >= 0.3 is 0 Å². The lowest BCUT2D eigenvalue weighted by Gasteiger charge is -2.25. The van der Waals surface area contributed by atoms with E-state index in [4.69, 9.17) is 16.6 Å². The largest absolute Gasteiger partial charge is 0.409 e. The van der Waals surface area contributed by atoms with Crippen LogP contribution in [-0.2, 0) is 16.5 Å². The van der Waals surface area contributed by atoms with Gasteiger partial charge in [-0.15, -0.1) is 5.10 Å². The quantitative estimate of drug-likeness (QED) is 0.752. The van der Waals surface area contributed by atoms with Gasteiger partial charge in [-0.2, -0.15) is 0 Å². The van der Waals surface area contributed by atoms with Gasteiger partial charge in [-0.3, -0.25) is 4.90 Å². The number of rotatable bonds is 5. The Balaban J connectivity index is 1.83. The molecule has 2 heterocycles. The summed E-state index contributed by atoms with van der Waals surface area (Å²) in [6.07, 6.45) is 0.599. The van der Waals surface area contributed by atoms with Crippen LogP contribution in [0.4, 0.5) is 4.39 Å². The van der Waals surface area contributed by atoms with Crippen LogP contribution in [0.15, 0.2) is 28.7 Å². The molecule has 0 N–H and O–H groups in total. The van der Waals surface area contributed by atoms with Crippen molar-refractivity contribution in [2.75, 3.05) is 18.1 Å². The molecule has 1 aliphatic heterocycles. The van der Waals surface area contributed by atoms with Crippen LogP contribution in [0.2, 0.25) is 0 Å². The van der Waals surface area contributed by atoms with Crippen molar-refractivity contribution in [3.8, 4) is 11.5 Å². The molecule has 6 nitrogen and oxygen atoms in total. The van der Waals surface area contributed by atoms with E-state index in [1.54, 1.807) is 18.2 Å². The summed E-state index contributed by atoms with van der Waals surface area (Å²) in [5, 5.41) is 4.25. The van der Waals surface area contributed by atoms with E-state index in [0.29, 0.717) is 19.6 Å². The zero-order valence-corrected chi connectivity index (χ0v) is 14.8. The van der Waals surface area contributed by atoms with Gasteiger partial charge in [-0.25, -0.2) is 17.5 Å². The highest BCUT2D eigenvalue weighted by molar-refractivity contribution is 7.91. The molecule has 1 aromatic heterocycles. The monoisotopic (exact) mass is 371 g/mol. The zero-order chi connectivity index (χ0) is 17.3. The van der Waals surface area contributed by atoms with Crippen molar-refractivity contribution in [1.29, 1.82) is 0 Å². The highest BCUT2D eigenvalue weighted by atomic mass is 32.2. The molecule has 2 aromatic rings. The normalized spacial score (nSPS) is 19.9. The minimum Gasteiger partial charge on any atom is -0.409 e. The molecule has 0 amide bonds. The van der Waals surface area contributed by atoms with Gasteiger partial charge in [-0.1, -0.05) is 19.1 Å². The van der Waals surface area contributed by atoms with Crippen LogP contribution in [-0.4, -0.2) is 47.2 Å². The Bertz CT molecular complexity index is 891. The summed E-state index contributed by atoms with van der Waals surface area (Å²) in [6.45, 7) is 2.92. The van der Waals surface area contributed by atoms with Crippen LogP contribution < -0.4 is 0 Å². The Morgan fingerprint density at radius 2 is 2.21 bits per heavy atom.